The number of carbonyl (C=O) groups excluding carboxylic acids is 1. The van der Waals surface area contributed by atoms with Crippen LogP contribution in [0, 0.1) is 0 Å². The number of carbonyl (C=O) groups is 2. The number of carboxylic acid groups (broad SMARTS) is 1. The van der Waals surface area contributed by atoms with Crippen LogP contribution in [0.1, 0.15) is 5.69 Å². The minimum atomic E-state index is -1.62. The fourth-order valence-electron chi connectivity index (χ4n) is 0.774. The third-order valence-electron chi connectivity index (χ3n) is 1.41. The zero-order valence-electron chi connectivity index (χ0n) is 7.04. The maximum absolute atomic E-state index is 10.7. The van der Waals surface area contributed by atoms with Crippen molar-refractivity contribution in [2.75, 3.05) is 0 Å². The fourth-order valence-corrected chi connectivity index (χ4v) is 0.774. The van der Waals surface area contributed by atoms with Gasteiger partial charge in [0.05, 0.1) is 0 Å². The molecule has 0 aromatic carbocycles. The first kappa shape index (κ1) is 9.91. The number of hydrogen-bond donors (Lipinski definition) is 2. The van der Waals surface area contributed by atoms with E-state index in [1.165, 1.54) is 12.3 Å². The Morgan fingerprint density at radius 2 is 2.00 bits per heavy atom. The number of aliphatic hydroxyl groups is 1. The summed E-state index contributed by atoms with van der Waals surface area (Å²) in [7, 11) is 0. The number of nitrogens with zero attached hydrogens (tertiary/aromatic N) is 1. The molecule has 0 aliphatic carbocycles. The Bertz CT molecular complexity index is 383. The average Bonchev–Trinajstić information content (AvgIpc) is 2.19. The largest absolute Gasteiger partial charge is 0.506 e. The summed E-state index contributed by atoms with van der Waals surface area (Å²) in [5.74, 6) is -3.27. The van der Waals surface area contributed by atoms with E-state index in [0.717, 1.165) is 0 Å². The second-order valence-electron chi connectivity index (χ2n) is 2.41. The second kappa shape index (κ2) is 4.18. The number of rotatable bonds is 3. The normalized spacial score (nSPS) is 11.0. The highest BCUT2D eigenvalue weighted by atomic mass is 16.4. The fraction of sp³-hybridized carbons (Fsp3) is 0. The molecule has 0 aliphatic rings. The summed E-state index contributed by atoms with van der Waals surface area (Å²) in [5.41, 5.74) is 0.155. The van der Waals surface area contributed by atoms with Crippen LogP contribution in [0.3, 0.4) is 0 Å². The van der Waals surface area contributed by atoms with E-state index in [0.29, 0.717) is 6.08 Å². The van der Waals surface area contributed by atoms with Crippen molar-refractivity contribution in [2.24, 2.45) is 0 Å². The van der Waals surface area contributed by atoms with E-state index in [4.69, 9.17) is 5.11 Å². The van der Waals surface area contributed by atoms with Gasteiger partial charge in [0.15, 0.2) is 0 Å². The maximum atomic E-state index is 10.7. The van der Waals surface area contributed by atoms with Crippen LogP contribution in [0.2, 0.25) is 0 Å². The molecule has 14 heavy (non-hydrogen) atoms. The van der Waals surface area contributed by atoms with Gasteiger partial charge in [-0.15, -0.1) is 0 Å². The summed E-state index contributed by atoms with van der Waals surface area (Å²) in [6, 6.07) is 4.70. The quantitative estimate of drug-likeness (QED) is 0.417. The minimum Gasteiger partial charge on any atom is -0.506 e. The van der Waals surface area contributed by atoms with E-state index in [9.17, 15) is 14.7 Å². The first-order valence-electron chi connectivity index (χ1n) is 3.70. The van der Waals surface area contributed by atoms with Crippen molar-refractivity contribution in [1.82, 2.24) is 4.98 Å². The van der Waals surface area contributed by atoms with Crippen molar-refractivity contribution >= 4 is 17.5 Å². The van der Waals surface area contributed by atoms with E-state index < -0.39 is 17.5 Å². The van der Waals surface area contributed by atoms with E-state index in [2.05, 4.69) is 4.98 Å². The number of hydrogen-bond acceptors (Lipinski definition) is 4. The standard InChI is InChI=1S/C9H7NO4/c11-7(5-8(12)9(13)14)6-3-1-2-4-10-6/h1-5,11H,(H,13,14). The van der Waals surface area contributed by atoms with Gasteiger partial charge in [-0.3, -0.25) is 9.78 Å². The van der Waals surface area contributed by atoms with Crippen molar-refractivity contribution < 1.29 is 19.8 Å². The van der Waals surface area contributed by atoms with Crippen LogP contribution in [0.25, 0.3) is 5.76 Å². The summed E-state index contributed by atoms with van der Waals surface area (Å²) in [4.78, 5) is 24.5. The van der Waals surface area contributed by atoms with E-state index in [1.54, 1.807) is 12.1 Å². The highest BCUT2D eigenvalue weighted by Crippen LogP contribution is 2.06. The molecule has 2 N–H and O–H groups in total. The molecule has 0 spiro atoms. The topological polar surface area (TPSA) is 87.5 Å². The molecule has 0 atom stereocenters. The summed E-state index contributed by atoms with van der Waals surface area (Å²) < 4.78 is 0. The van der Waals surface area contributed by atoms with Gasteiger partial charge in [0, 0.05) is 12.3 Å². The SMILES string of the molecule is O=C(O)C(=O)C=C(O)c1ccccn1. The van der Waals surface area contributed by atoms with E-state index in [1.807, 2.05) is 0 Å². The Balaban J connectivity index is 2.91. The first-order chi connectivity index (χ1) is 6.61. The number of aliphatic hydroxyl groups excluding tert-OH is 1. The number of pyridine rings is 1. The third kappa shape index (κ3) is 2.41. The molecule has 0 aliphatic heterocycles. The van der Waals surface area contributed by atoms with Crippen LogP contribution in [-0.2, 0) is 9.59 Å². The van der Waals surface area contributed by atoms with Gasteiger partial charge < -0.3 is 10.2 Å². The van der Waals surface area contributed by atoms with Crippen molar-refractivity contribution in [3.05, 3.63) is 36.2 Å². The molecule has 0 fully saturated rings. The van der Waals surface area contributed by atoms with Gasteiger partial charge in [0.25, 0.3) is 5.78 Å². The highest BCUT2D eigenvalue weighted by Gasteiger charge is 2.10. The molecular formula is C9H7NO4. The number of ketones is 1. The van der Waals surface area contributed by atoms with Crippen molar-refractivity contribution in [2.45, 2.75) is 0 Å². The molecule has 5 heteroatoms. The Hall–Kier alpha value is -2.17. The summed E-state index contributed by atoms with van der Waals surface area (Å²) in [6.45, 7) is 0. The Morgan fingerprint density at radius 1 is 1.29 bits per heavy atom. The Kier molecular flexibility index (Phi) is 2.96. The zero-order chi connectivity index (χ0) is 10.6. The predicted octanol–water partition coefficient (Wildman–Crippen LogP) is 0.634. The Labute approximate surface area is 79.3 Å². The van der Waals surface area contributed by atoms with Gasteiger partial charge >= 0.3 is 5.97 Å². The van der Waals surface area contributed by atoms with Crippen molar-refractivity contribution in [1.29, 1.82) is 0 Å². The molecule has 0 unspecified atom stereocenters. The summed E-state index contributed by atoms with van der Waals surface area (Å²) >= 11 is 0. The van der Waals surface area contributed by atoms with Crippen molar-refractivity contribution in [3.63, 3.8) is 0 Å². The molecule has 0 saturated heterocycles. The lowest BCUT2D eigenvalue weighted by Gasteiger charge is -1.96. The predicted molar refractivity (Wildman–Crippen MR) is 47.5 cm³/mol. The average molecular weight is 193 g/mol. The van der Waals surface area contributed by atoms with E-state index in [-0.39, 0.29) is 5.69 Å². The lowest BCUT2D eigenvalue weighted by atomic mass is 10.2. The molecule has 0 radical (unpaired) electrons. The van der Waals surface area contributed by atoms with Crippen LogP contribution >= 0.6 is 0 Å². The molecule has 0 saturated carbocycles. The molecule has 0 amide bonds. The van der Waals surface area contributed by atoms with Gasteiger partial charge in [-0.2, -0.15) is 0 Å². The Morgan fingerprint density at radius 3 is 2.50 bits per heavy atom. The molecule has 1 aromatic rings. The van der Waals surface area contributed by atoms with Crippen molar-refractivity contribution in [3.8, 4) is 0 Å². The van der Waals surface area contributed by atoms with Crippen LogP contribution in [0.15, 0.2) is 30.5 Å². The smallest absolute Gasteiger partial charge is 0.376 e. The number of aliphatic carboxylic acids is 1. The van der Waals surface area contributed by atoms with Crippen LogP contribution in [0.5, 0.6) is 0 Å². The molecular weight excluding hydrogens is 186 g/mol. The van der Waals surface area contributed by atoms with Gasteiger partial charge in [-0.05, 0) is 12.1 Å². The maximum Gasteiger partial charge on any atom is 0.376 e. The lowest BCUT2D eigenvalue weighted by molar-refractivity contribution is -0.146. The zero-order valence-corrected chi connectivity index (χ0v) is 7.04. The second-order valence-corrected chi connectivity index (χ2v) is 2.41. The van der Waals surface area contributed by atoms with Crippen LogP contribution < -0.4 is 0 Å². The minimum absolute atomic E-state index is 0.155. The van der Waals surface area contributed by atoms with Gasteiger partial charge in [-0.25, -0.2) is 4.79 Å². The summed E-state index contributed by atoms with van der Waals surface area (Å²) in [6.07, 6.45) is 2.04. The van der Waals surface area contributed by atoms with Gasteiger partial charge in [0.2, 0.25) is 0 Å². The molecule has 1 aromatic heterocycles. The highest BCUT2D eigenvalue weighted by molar-refractivity contribution is 6.38. The molecule has 1 rings (SSSR count). The van der Waals surface area contributed by atoms with Crippen LogP contribution in [-0.4, -0.2) is 26.9 Å². The number of carboxylic acids is 1. The monoisotopic (exact) mass is 193 g/mol. The third-order valence-corrected chi connectivity index (χ3v) is 1.41. The summed E-state index contributed by atoms with van der Waals surface area (Å²) in [5, 5.41) is 17.5. The van der Waals surface area contributed by atoms with Gasteiger partial charge in [0.1, 0.15) is 11.5 Å². The van der Waals surface area contributed by atoms with E-state index >= 15 is 0 Å². The van der Waals surface area contributed by atoms with Crippen LogP contribution in [0.4, 0.5) is 0 Å². The lowest BCUT2D eigenvalue weighted by Crippen LogP contribution is -2.09. The molecule has 72 valence electrons. The molecule has 5 nitrogen and oxygen atoms in total. The first-order valence-corrected chi connectivity index (χ1v) is 3.70. The molecule has 0 bridgehead atoms. The number of aromatic nitrogens is 1. The van der Waals surface area contributed by atoms with Gasteiger partial charge in [-0.1, -0.05) is 6.07 Å². The molecule has 1 heterocycles.